The van der Waals surface area contributed by atoms with Crippen LogP contribution in [0.4, 0.5) is 0 Å². The lowest BCUT2D eigenvalue weighted by Gasteiger charge is -2.05. The minimum atomic E-state index is 0.361. The zero-order chi connectivity index (χ0) is 11.1. The summed E-state index contributed by atoms with van der Waals surface area (Å²) >= 11 is 0. The van der Waals surface area contributed by atoms with E-state index in [1.807, 2.05) is 0 Å². The van der Waals surface area contributed by atoms with Crippen LogP contribution in [0.5, 0.6) is 0 Å². The van der Waals surface area contributed by atoms with Gasteiger partial charge in [-0.05, 0) is 31.3 Å². The van der Waals surface area contributed by atoms with E-state index in [-0.39, 0.29) is 0 Å². The van der Waals surface area contributed by atoms with Gasteiger partial charge in [0.1, 0.15) is 0 Å². The first-order chi connectivity index (χ1) is 7.29. The number of unbranched alkanes of at least 4 members (excludes halogenated alkanes) is 3. The molecule has 1 unspecified atom stereocenters. The van der Waals surface area contributed by atoms with E-state index >= 15 is 0 Å². The molecule has 0 aromatic heterocycles. The fourth-order valence-corrected chi connectivity index (χ4v) is 2.28. The molecular formula is C14H24O. The van der Waals surface area contributed by atoms with Crippen molar-refractivity contribution in [3.63, 3.8) is 0 Å². The predicted molar refractivity (Wildman–Crippen MR) is 64.9 cm³/mol. The zero-order valence-corrected chi connectivity index (χ0v) is 10.2. The molecule has 0 amide bonds. The van der Waals surface area contributed by atoms with Gasteiger partial charge in [0, 0.05) is 5.92 Å². The largest absolute Gasteiger partial charge is 0.294 e. The van der Waals surface area contributed by atoms with Gasteiger partial charge in [-0.1, -0.05) is 45.6 Å². The van der Waals surface area contributed by atoms with Gasteiger partial charge in [-0.25, -0.2) is 0 Å². The molecule has 0 aliphatic heterocycles. The maximum Gasteiger partial charge on any atom is 0.161 e. The quantitative estimate of drug-likeness (QED) is 0.470. The van der Waals surface area contributed by atoms with Crippen molar-refractivity contribution in [3.8, 4) is 0 Å². The Morgan fingerprint density at radius 3 is 2.73 bits per heavy atom. The molecule has 86 valence electrons. The van der Waals surface area contributed by atoms with Gasteiger partial charge in [0.2, 0.25) is 0 Å². The van der Waals surface area contributed by atoms with E-state index in [0.717, 1.165) is 37.7 Å². The predicted octanol–water partition coefficient (Wildman–Crippen LogP) is 4.27. The molecule has 0 aromatic carbocycles. The highest BCUT2D eigenvalue weighted by Gasteiger charge is 2.27. The van der Waals surface area contributed by atoms with E-state index in [1.54, 1.807) is 0 Å². The molecule has 1 aliphatic rings. The highest BCUT2D eigenvalue weighted by atomic mass is 16.1. The summed E-state index contributed by atoms with van der Waals surface area (Å²) in [5, 5.41) is 0. The average Bonchev–Trinajstić information content (AvgIpc) is 2.58. The number of ketones is 1. The summed E-state index contributed by atoms with van der Waals surface area (Å²) in [5.74, 6) is 0.819. The fraction of sp³-hybridized carbons (Fsp3) is 0.786. The van der Waals surface area contributed by atoms with E-state index in [4.69, 9.17) is 0 Å². The second kappa shape index (κ2) is 6.81. The SMILES string of the molecule is CCCC=C1CCC(CCCCC)C1=O. The van der Waals surface area contributed by atoms with Gasteiger partial charge in [0.15, 0.2) is 5.78 Å². The molecule has 0 N–H and O–H groups in total. The standard InChI is InChI=1S/C14H24O/c1-3-5-7-9-13-11-10-12(14(13)15)8-6-4-2/h8,13H,3-7,9-11H2,1-2H3. The van der Waals surface area contributed by atoms with Crippen LogP contribution < -0.4 is 0 Å². The van der Waals surface area contributed by atoms with Gasteiger partial charge in [-0.2, -0.15) is 0 Å². The second-order valence-electron chi connectivity index (χ2n) is 4.61. The van der Waals surface area contributed by atoms with Crippen molar-refractivity contribution in [3.05, 3.63) is 11.6 Å². The van der Waals surface area contributed by atoms with Gasteiger partial charge in [-0.3, -0.25) is 4.79 Å². The molecule has 15 heavy (non-hydrogen) atoms. The number of carbonyl (C=O) groups excluding carboxylic acids is 1. The van der Waals surface area contributed by atoms with Crippen LogP contribution in [0.1, 0.15) is 65.2 Å². The van der Waals surface area contributed by atoms with Crippen LogP contribution in [0.3, 0.4) is 0 Å². The molecular weight excluding hydrogens is 184 g/mol. The van der Waals surface area contributed by atoms with Gasteiger partial charge in [0.05, 0.1) is 0 Å². The lowest BCUT2D eigenvalue weighted by molar-refractivity contribution is -0.118. The third-order valence-electron chi connectivity index (χ3n) is 3.28. The van der Waals surface area contributed by atoms with Crippen molar-refractivity contribution in [1.82, 2.24) is 0 Å². The highest BCUT2D eigenvalue weighted by Crippen LogP contribution is 2.30. The average molecular weight is 208 g/mol. The Hall–Kier alpha value is -0.590. The van der Waals surface area contributed by atoms with Crippen LogP contribution in [-0.2, 0) is 4.79 Å². The van der Waals surface area contributed by atoms with Gasteiger partial charge in [-0.15, -0.1) is 0 Å². The van der Waals surface area contributed by atoms with Crippen molar-refractivity contribution in [2.75, 3.05) is 0 Å². The number of hydrogen-bond donors (Lipinski definition) is 0. The molecule has 1 saturated carbocycles. The Labute approximate surface area is 93.9 Å². The Morgan fingerprint density at radius 2 is 2.07 bits per heavy atom. The Morgan fingerprint density at radius 1 is 1.27 bits per heavy atom. The number of carbonyl (C=O) groups is 1. The van der Waals surface area contributed by atoms with Crippen molar-refractivity contribution in [1.29, 1.82) is 0 Å². The van der Waals surface area contributed by atoms with E-state index < -0.39 is 0 Å². The first kappa shape index (κ1) is 12.5. The Kier molecular flexibility index (Phi) is 5.67. The third-order valence-corrected chi connectivity index (χ3v) is 3.28. The Bertz CT molecular complexity index is 227. The number of Topliss-reactive ketones (excluding diaryl/α,β-unsaturated/α-hetero) is 1. The summed E-state index contributed by atoms with van der Waals surface area (Å²) in [6.07, 6.45) is 11.4. The number of allylic oxidation sites excluding steroid dienone is 2. The monoisotopic (exact) mass is 208 g/mol. The van der Waals surface area contributed by atoms with Crippen LogP contribution in [0.2, 0.25) is 0 Å². The Balaban J connectivity index is 2.35. The van der Waals surface area contributed by atoms with Crippen LogP contribution in [0, 0.1) is 5.92 Å². The zero-order valence-electron chi connectivity index (χ0n) is 10.2. The molecule has 0 spiro atoms. The van der Waals surface area contributed by atoms with E-state index in [2.05, 4.69) is 19.9 Å². The molecule has 1 fully saturated rings. The molecule has 0 heterocycles. The van der Waals surface area contributed by atoms with Crippen LogP contribution in [-0.4, -0.2) is 5.78 Å². The van der Waals surface area contributed by atoms with Crippen molar-refractivity contribution < 1.29 is 4.79 Å². The lowest BCUT2D eigenvalue weighted by atomic mass is 9.98. The number of rotatable bonds is 6. The molecule has 0 aromatic rings. The summed E-state index contributed by atoms with van der Waals surface area (Å²) in [6, 6.07) is 0. The molecule has 1 heteroatoms. The summed E-state index contributed by atoms with van der Waals surface area (Å²) in [5.41, 5.74) is 1.12. The van der Waals surface area contributed by atoms with Crippen LogP contribution in [0.15, 0.2) is 11.6 Å². The first-order valence-electron chi connectivity index (χ1n) is 6.52. The normalized spacial score (nSPS) is 24.0. The molecule has 1 atom stereocenters. The van der Waals surface area contributed by atoms with E-state index in [1.165, 1.54) is 19.3 Å². The summed E-state index contributed by atoms with van der Waals surface area (Å²) in [7, 11) is 0. The van der Waals surface area contributed by atoms with Gasteiger partial charge in [0.25, 0.3) is 0 Å². The van der Waals surface area contributed by atoms with Crippen molar-refractivity contribution in [2.45, 2.75) is 65.2 Å². The lowest BCUT2D eigenvalue weighted by Crippen LogP contribution is -2.07. The molecule has 1 nitrogen and oxygen atoms in total. The summed E-state index contributed by atoms with van der Waals surface area (Å²) in [4.78, 5) is 11.9. The summed E-state index contributed by atoms with van der Waals surface area (Å²) in [6.45, 7) is 4.37. The number of hydrogen-bond acceptors (Lipinski definition) is 1. The minimum Gasteiger partial charge on any atom is -0.294 e. The molecule has 1 aliphatic carbocycles. The third kappa shape index (κ3) is 3.81. The van der Waals surface area contributed by atoms with Crippen molar-refractivity contribution in [2.24, 2.45) is 5.92 Å². The molecule has 0 radical (unpaired) electrons. The summed E-state index contributed by atoms with van der Waals surface area (Å²) < 4.78 is 0. The molecule has 1 rings (SSSR count). The fourth-order valence-electron chi connectivity index (χ4n) is 2.28. The van der Waals surface area contributed by atoms with Crippen LogP contribution in [0.25, 0.3) is 0 Å². The van der Waals surface area contributed by atoms with Gasteiger partial charge >= 0.3 is 0 Å². The van der Waals surface area contributed by atoms with E-state index in [0.29, 0.717) is 11.7 Å². The van der Waals surface area contributed by atoms with E-state index in [9.17, 15) is 4.79 Å². The molecule has 0 saturated heterocycles. The first-order valence-corrected chi connectivity index (χ1v) is 6.52. The van der Waals surface area contributed by atoms with Gasteiger partial charge < -0.3 is 0 Å². The second-order valence-corrected chi connectivity index (χ2v) is 4.61. The molecule has 0 bridgehead atoms. The highest BCUT2D eigenvalue weighted by molar-refractivity contribution is 5.99. The van der Waals surface area contributed by atoms with Crippen molar-refractivity contribution >= 4 is 5.78 Å². The minimum absolute atomic E-state index is 0.361. The topological polar surface area (TPSA) is 17.1 Å². The van der Waals surface area contributed by atoms with Crippen LogP contribution >= 0.6 is 0 Å². The maximum atomic E-state index is 11.9. The smallest absolute Gasteiger partial charge is 0.161 e. The maximum absolute atomic E-state index is 11.9.